The zero-order valence-corrected chi connectivity index (χ0v) is 13.1. The van der Waals surface area contributed by atoms with Crippen molar-refractivity contribution in [1.29, 1.82) is 0 Å². The molecule has 114 valence electrons. The first-order valence-electron chi connectivity index (χ1n) is 7.71. The van der Waals surface area contributed by atoms with Crippen molar-refractivity contribution in [3.8, 4) is 0 Å². The maximum absolute atomic E-state index is 4.26. The van der Waals surface area contributed by atoms with E-state index in [1.165, 1.54) is 25.7 Å². The van der Waals surface area contributed by atoms with Gasteiger partial charge in [0.15, 0.2) is 5.96 Å². The summed E-state index contributed by atoms with van der Waals surface area (Å²) < 4.78 is 1.95. The Kier molecular flexibility index (Phi) is 8.51. The molecule has 5 nitrogen and oxygen atoms in total. The molecule has 0 fully saturated rings. The van der Waals surface area contributed by atoms with Gasteiger partial charge in [0.2, 0.25) is 0 Å². The highest BCUT2D eigenvalue weighted by atomic mass is 15.3. The van der Waals surface area contributed by atoms with E-state index in [1.807, 2.05) is 30.2 Å². The summed E-state index contributed by atoms with van der Waals surface area (Å²) in [4.78, 5) is 4.26. The minimum absolute atomic E-state index is 0.471. The van der Waals surface area contributed by atoms with Gasteiger partial charge in [-0.1, -0.05) is 26.2 Å². The Hall–Kier alpha value is -1.52. The van der Waals surface area contributed by atoms with Crippen LogP contribution in [-0.2, 0) is 6.54 Å². The van der Waals surface area contributed by atoms with E-state index in [2.05, 4.69) is 34.6 Å². The number of unbranched alkanes of at least 4 members (excludes halogenated alkanes) is 2. The Labute approximate surface area is 122 Å². The van der Waals surface area contributed by atoms with Gasteiger partial charge in [0.05, 0.1) is 0 Å². The van der Waals surface area contributed by atoms with E-state index in [9.17, 15) is 0 Å². The summed E-state index contributed by atoms with van der Waals surface area (Å²) >= 11 is 0. The lowest BCUT2D eigenvalue weighted by atomic mass is 10.1. The third kappa shape index (κ3) is 7.16. The minimum atomic E-state index is 0.471. The standard InChI is InChI=1S/C15H29N5/c1-4-5-6-9-14(2)19-15(16-3)17-10-7-12-20-13-8-11-18-20/h8,11,13-14H,4-7,9-10,12H2,1-3H3,(H2,16,17,19). The molecular formula is C15H29N5. The first kappa shape index (κ1) is 16.5. The molecule has 2 N–H and O–H groups in total. The molecule has 0 aliphatic heterocycles. The number of nitrogens with zero attached hydrogens (tertiary/aromatic N) is 3. The van der Waals surface area contributed by atoms with Gasteiger partial charge in [-0.3, -0.25) is 9.67 Å². The lowest BCUT2D eigenvalue weighted by molar-refractivity contribution is 0.538. The second-order valence-corrected chi connectivity index (χ2v) is 5.16. The van der Waals surface area contributed by atoms with Crippen molar-refractivity contribution >= 4 is 5.96 Å². The predicted octanol–water partition coefficient (Wildman–Crippen LogP) is 2.41. The molecule has 0 bridgehead atoms. The molecule has 1 unspecified atom stereocenters. The minimum Gasteiger partial charge on any atom is -0.356 e. The molecule has 0 aliphatic rings. The third-order valence-corrected chi connectivity index (χ3v) is 3.26. The van der Waals surface area contributed by atoms with E-state index < -0.39 is 0 Å². The van der Waals surface area contributed by atoms with Crippen molar-refractivity contribution < 1.29 is 0 Å². The first-order chi connectivity index (χ1) is 9.76. The Morgan fingerprint density at radius 3 is 2.85 bits per heavy atom. The van der Waals surface area contributed by atoms with Gasteiger partial charge in [-0.25, -0.2) is 0 Å². The van der Waals surface area contributed by atoms with Crippen LogP contribution in [-0.4, -0.2) is 35.4 Å². The molecule has 1 aromatic heterocycles. The molecule has 1 rings (SSSR count). The quantitative estimate of drug-likeness (QED) is 0.415. The predicted molar refractivity (Wildman–Crippen MR) is 84.9 cm³/mol. The molecule has 0 amide bonds. The fourth-order valence-corrected chi connectivity index (χ4v) is 2.08. The highest BCUT2D eigenvalue weighted by molar-refractivity contribution is 5.79. The van der Waals surface area contributed by atoms with Gasteiger partial charge in [0.1, 0.15) is 0 Å². The highest BCUT2D eigenvalue weighted by Gasteiger charge is 2.04. The van der Waals surface area contributed by atoms with E-state index >= 15 is 0 Å². The van der Waals surface area contributed by atoms with E-state index in [4.69, 9.17) is 0 Å². The molecule has 0 saturated carbocycles. The van der Waals surface area contributed by atoms with Crippen molar-refractivity contribution in [1.82, 2.24) is 20.4 Å². The van der Waals surface area contributed by atoms with Gasteiger partial charge in [0, 0.05) is 38.6 Å². The van der Waals surface area contributed by atoms with Crippen LogP contribution in [0, 0.1) is 0 Å². The van der Waals surface area contributed by atoms with Gasteiger partial charge in [-0.2, -0.15) is 5.10 Å². The van der Waals surface area contributed by atoms with E-state index in [1.54, 1.807) is 0 Å². The molecule has 1 heterocycles. The maximum Gasteiger partial charge on any atom is 0.191 e. The van der Waals surface area contributed by atoms with Crippen molar-refractivity contribution in [2.24, 2.45) is 4.99 Å². The monoisotopic (exact) mass is 279 g/mol. The smallest absolute Gasteiger partial charge is 0.191 e. The number of nitrogens with one attached hydrogen (secondary N) is 2. The van der Waals surface area contributed by atoms with Crippen LogP contribution in [0.5, 0.6) is 0 Å². The van der Waals surface area contributed by atoms with E-state index in [0.717, 1.165) is 25.5 Å². The van der Waals surface area contributed by atoms with Crippen molar-refractivity contribution in [3.05, 3.63) is 18.5 Å². The van der Waals surface area contributed by atoms with Crippen LogP contribution in [0.2, 0.25) is 0 Å². The highest BCUT2D eigenvalue weighted by Crippen LogP contribution is 2.02. The van der Waals surface area contributed by atoms with Gasteiger partial charge in [-0.05, 0) is 25.8 Å². The second-order valence-electron chi connectivity index (χ2n) is 5.16. The number of aliphatic imine (C=N–C) groups is 1. The molecule has 20 heavy (non-hydrogen) atoms. The number of aromatic nitrogens is 2. The first-order valence-corrected chi connectivity index (χ1v) is 7.71. The summed E-state index contributed by atoms with van der Waals surface area (Å²) in [5.74, 6) is 0.898. The van der Waals surface area contributed by atoms with Gasteiger partial charge in [-0.15, -0.1) is 0 Å². The number of hydrogen-bond donors (Lipinski definition) is 2. The fourth-order valence-electron chi connectivity index (χ4n) is 2.08. The number of hydrogen-bond acceptors (Lipinski definition) is 2. The van der Waals surface area contributed by atoms with Crippen LogP contribution in [0.3, 0.4) is 0 Å². The Bertz CT molecular complexity index is 358. The molecule has 0 saturated heterocycles. The zero-order valence-electron chi connectivity index (χ0n) is 13.1. The lowest BCUT2D eigenvalue weighted by Gasteiger charge is -2.17. The number of aryl methyl sites for hydroxylation is 1. The van der Waals surface area contributed by atoms with Crippen LogP contribution in [0.1, 0.15) is 46.0 Å². The summed E-state index contributed by atoms with van der Waals surface area (Å²) in [6.07, 6.45) is 9.89. The lowest BCUT2D eigenvalue weighted by Crippen LogP contribution is -2.42. The summed E-state index contributed by atoms with van der Waals surface area (Å²) in [6.45, 7) is 6.29. The molecule has 1 aromatic rings. The molecule has 0 spiro atoms. The Morgan fingerprint density at radius 1 is 1.35 bits per heavy atom. The molecule has 0 aromatic carbocycles. The molecule has 0 aliphatic carbocycles. The summed E-state index contributed by atoms with van der Waals surface area (Å²) in [6, 6.07) is 2.42. The van der Waals surface area contributed by atoms with Crippen LogP contribution in [0.15, 0.2) is 23.5 Å². The van der Waals surface area contributed by atoms with Gasteiger partial charge in [0.25, 0.3) is 0 Å². The number of rotatable bonds is 9. The van der Waals surface area contributed by atoms with Crippen molar-refractivity contribution in [3.63, 3.8) is 0 Å². The van der Waals surface area contributed by atoms with E-state index in [-0.39, 0.29) is 0 Å². The van der Waals surface area contributed by atoms with Crippen LogP contribution in [0.4, 0.5) is 0 Å². The molecule has 5 heteroatoms. The third-order valence-electron chi connectivity index (χ3n) is 3.26. The molecule has 0 radical (unpaired) electrons. The second kappa shape index (κ2) is 10.3. The van der Waals surface area contributed by atoms with Crippen molar-refractivity contribution in [2.75, 3.05) is 13.6 Å². The normalized spacial score (nSPS) is 13.2. The summed E-state index contributed by atoms with van der Waals surface area (Å²) in [7, 11) is 1.82. The van der Waals surface area contributed by atoms with Crippen LogP contribution in [0.25, 0.3) is 0 Å². The van der Waals surface area contributed by atoms with Gasteiger partial charge < -0.3 is 10.6 Å². The summed E-state index contributed by atoms with van der Waals surface area (Å²) in [5, 5.41) is 11.0. The topological polar surface area (TPSA) is 54.2 Å². The largest absolute Gasteiger partial charge is 0.356 e. The average molecular weight is 279 g/mol. The van der Waals surface area contributed by atoms with Crippen LogP contribution >= 0.6 is 0 Å². The average Bonchev–Trinajstić information content (AvgIpc) is 2.95. The Morgan fingerprint density at radius 2 is 2.20 bits per heavy atom. The number of guanidine groups is 1. The molecule has 1 atom stereocenters. The van der Waals surface area contributed by atoms with E-state index in [0.29, 0.717) is 6.04 Å². The maximum atomic E-state index is 4.26. The van der Waals surface area contributed by atoms with Crippen LogP contribution < -0.4 is 10.6 Å². The SMILES string of the molecule is CCCCCC(C)NC(=NC)NCCCn1cccn1. The van der Waals surface area contributed by atoms with Gasteiger partial charge >= 0.3 is 0 Å². The summed E-state index contributed by atoms with van der Waals surface area (Å²) in [5.41, 5.74) is 0. The molecular weight excluding hydrogens is 250 g/mol. The zero-order chi connectivity index (χ0) is 14.6. The van der Waals surface area contributed by atoms with Crippen molar-refractivity contribution in [2.45, 2.75) is 58.5 Å². The Balaban J connectivity index is 2.12. The fraction of sp³-hybridized carbons (Fsp3) is 0.733.